The van der Waals surface area contributed by atoms with Gasteiger partial charge in [-0.3, -0.25) is 14.5 Å². The summed E-state index contributed by atoms with van der Waals surface area (Å²) >= 11 is 0. The summed E-state index contributed by atoms with van der Waals surface area (Å²) in [5.41, 5.74) is 0. The predicted molar refractivity (Wildman–Crippen MR) is 54.2 cm³/mol. The predicted octanol–water partition coefficient (Wildman–Crippen LogP) is -2.13. The van der Waals surface area contributed by atoms with Crippen molar-refractivity contribution in [3.8, 4) is 0 Å². The summed E-state index contributed by atoms with van der Waals surface area (Å²) in [5.74, 6) is -0.426. The molecule has 0 saturated carbocycles. The molecular weight excluding hydrogens is 198 g/mol. The lowest BCUT2D eigenvalue weighted by Crippen LogP contribution is -2.58. The van der Waals surface area contributed by atoms with E-state index in [1.54, 1.807) is 7.05 Å². The van der Waals surface area contributed by atoms with Crippen molar-refractivity contribution in [2.75, 3.05) is 40.3 Å². The first-order valence-electron chi connectivity index (χ1n) is 4.90. The molecule has 1 atom stereocenters. The second-order valence-electron chi connectivity index (χ2n) is 3.61. The highest BCUT2D eigenvalue weighted by Crippen LogP contribution is 2.07. The molecule has 0 aromatic carbocycles. The van der Waals surface area contributed by atoms with Crippen LogP contribution in [-0.4, -0.2) is 73.1 Å². The van der Waals surface area contributed by atoms with Gasteiger partial charge in [0.25, 0.3) is 0 Å². The van der Waals surface area contributed by atoms with Crippen LogP contribution in [0, 0.1) is 0 Å². The second-order valence-corrected chi connectivity index (χ2v) is 3.61. The standard InChI is InChI=1S/C9H17N3O3/c1-10-9(15)7-5-12(8(14)6-13)4-3-11(7)2/h7,13H,3-6H2,1-2H3,(H,10,15)/t7-/m1/s1. The minimum absolute atomic E-state index is 0.104. The van der Waals surface area contributed by atoms with Gasteiger partial charge in [0.15, 0.2) is 0 Å². The van der Waals surface area contributed by atoms with Crippen LogP contribution in [0.3, 0.4) is 0 Å². The number of nitrogens with zero attached hydrogens (tertiary/aromatic N) is 2. The molecule has 0 spiro atoms. The van der Waals surface area contributed by atoms with E-state index in [9.17, 15) is 9.59 Å². The van der Waals surface area contributed by atoms with Crippen LogP contribution < -0.4 is 5.32 Å². The molecule has 2 N–H and O–H groups in total. The van der Waals surface area contributed by atoms with Crippen molar-refractivity contribution in [3.63, 3.8) is 0 Å². The molecule has 1 fully saturated rings. The van der Waals surface area contributed by atoms with Crippen LogP contribution in [0.1, 0.15) is 0 Å². The maximum Gasteiger partial charge on any atom is 0.248 e. The van der Waals surface area contributed by atoms with Gasteiger partial charge in [0.2, 0.25) is 11.8 Å². The molecule has 0 unspecified atom stereocenters. The minimum atomic E-state index is -0.496. The number of hydrogen-bond donors (Lipinski definition) is 2. The zero-order valence-corrected chi connectivity index (χ0v) is 9.06. The van der Waals surface area contributed by atoms with Crippen LogP contribution >= 0.6 is 0 Å². The maximum atomic E-state index is 11.5. The van der Waals surface area contributed by atoms with Crippen LogP contribution in [-0.2, 0) is 9.59 Å². The normalized spacial score (nSPS) is 22.6. The Labute approximate surface area is 88.8 Å². The molecular formula is C9H17N3O3. The summed E-state index contributed by atoms with van der Waals surface area (Å²) in [7, 11) is 3.42. The number of hydrogen-bond acceptors (Lipinski definition) is 4. The van der Waals surface area contributed by atoms with E-state index in [0.29, 0.717) is 19.6 Å². The SMILES string of the molecule is CNC(=O)[C@H]1CN(C(=O)CO)CCN1C. The quantitative estimate of drug-likeness (QED) is 0.552. The summed E-state index contributed by atoms with van der Waals surface area (Å²) in [6.07, 6.45) is 0. The first-order valence-corrected chi connectivity index (χ1v) is 4.90. The van der Waals surface area contributed by atoms with E-state index in [1.165, 1.54) is 4.90 Å². The lowest BCUT2D eigenvalue weighted by Gasteiger charge is -2.38. The third-order valence-electron chi connectivity index (χ3n) is 2.69. The Kier molecular flexibility index (Phi) is 4.05. The first-order chi connectivity index (χ1) is 7.10. The Bertz CT molecular complexity index is 257. The molecule has 0 radical (unpaired) electrons. The van der Waals surface area contributed by atoms with Crippen LogP contribution in [0.4, 0.5) is 0 Å². The van der Waals surface area contributed by atoms with Crippen molar-refractivity contribution >= 4 is 11.8 Å². The van der Waals surface area contributed by atoms with Gasteiger partial charge in [-0.25, -0.2) is 0 Å². The number of carbonyl (C=O) groups is 2. The molecule has 0 aliphatic carbocycles. The fourth-order valence-corrected chi connectivity index (χ4v) is 1.65. The summed E-state index contributed by atoms with van der Waals surface area (Å²) in [6, 6.07) is -0.320. The number of nitrogens with one attached hydrogen (secondary N) is 1. The van der Waals surface area contributed by atoms with Gasteiger partial charge in [-0.05, 0) is 7.05 Å². The van der Waals surface area contributed by atoms with Gasteiger partial charge in [0.05, 0.1) is 0 Å². The second kappa shape index (κ2) is 5.09. The molecule has 0 aromatic heterocycles. The zero-order valence-electron chi connectivity index (χ0n) is 9.06. The van der Waals surface area contributed by atoms with Crippen molar-refractivity contribution in [1.29, 1.82) is 0 Å². The fraction of sp³-hybridized carbons (Fsp3) is 0.778. The number of carbonyl (C=O) groups excluding carboxylic acids is 2. The molecule has 1 aliphatic heterocycles. The Morgan fingerprint density at radius 2 is 2.13 bits per heavy atom. The molecule has 2 amide bonds. The Balaban J connectivity index is 2.63. The Hall–Kier alpha value is -1.14. The van der Waals surface area contributed by atoms with E-state index in [4.69, 9.17) is 5.11 Å². The number of aliphatic hydroxyl groups excluding tert-OH is 1. The van der Waals surface area contributed by atoms with Crippen LogP contribution in [0.2, 0.25) is 0 Å². The lowest BCUT2D eigenvalue weighted by atomic mass is 10.1. The smallest absolute Gasteiger partial charge is 0.248 e. The molecule has 6 nitrogen and oxygen atoms in total. The number of rotatable bonds is 2. The van der Waals surface area contributed by atoms with Crippen molar-refractivity contribution in [2.45, 2.75) is 6.04 Å². The van der Waals surface area contributed by atoms with E-state index in [2.05, 4.69) is 5.32 Å². The number of amides is 2. The van der Waals surface area contributed by atoms with Crippen molar-refractivity contribution in [1.82, 2.24) is 15.1 Å². The molecule has 0 bridgehead atoms. The third kappa shape index (κ3) is 2.66. The molecule has 86 valence electrons. The zero-order chi connectivity index (χ0) is 11.4. The van der Waals surface area contributed by atoms with Crippen LogP contribution in [0.15, 0.2) is 0 Å². The topological polar surface area (TPSA) is 72.9 Å². The van der Waals surface area contributed by atoms with Crippen molar-refractivity contribution in [2.24, 2.45) is 0 Å². The van der Waals surface area contributed by atoms with Gasteiger partial charge < -0.3 is 15.3 Å². The van der Waals surface area contributed by atoms with Gasteiger partial charge in [0, 0.05) is 26.7 Å². The molecule has 6 heteroatoms. The average molecular weight is 215 g/mol. The maximum absolute atomic E-state index is 11.5. The Morgan fingerprint density at radius 1 is 1.47 bits per heavy atom. The van der Waals surface area contributed by atoms with E-state index >= 15 is 0 Å². The van der Waals surface area contributed by atoms with Crippen LogP contribution in [0.25, 0.3) is 0 Å². The Morgan fingerprint density at radius 3 is 2.67 bits per heavy atom. The third-order valence-corrected chi connectivity index (χ3v) is 2.69. The number of piperazine rings is 1. The largest absolute Gasteiger partial charge is 0.387 e. The monoisotopic (exact) mass is 215 g/mol. The van der Waals surface area contributed by atoms with E-state index in [-0.39, 0.29) is 17.9 Å². The van der Waals surface area contributed by atoms with Crippen LogP contribution in [0.5, 0.6) is 0 Å². The van der Waals surface area contributed by atoms with E-state index in [1.807, 2.05) is 11.9 Å². The highest BCUT2D eigenvalue weighted by atomic mass is 16.3. The fourth-order valence-electron chi connectivity index (χ4n) is 1.65. The van der Waals surface area contributed by atoms with Gasteiger partial charge >= 0.3 is 0 Å². The minimum Gasteiger partial charge on any atom is -0.387 e. The summed E-state index contributed by atoms with van der Waals surface area (Å²) in [5, 5.41) is 11.3. The van der Waals surface area contributed by atoms with E-state index in [0.717, 1.165) is 0 Å². The van der Waals surface area contributed by atoms with E-state index < -0.39 is 6.61 Å². The molecule has 0 aromatic rings. The molecule has 1 heterocycles. The number of aliphatic hydroxyl groups is 1. The molecule has 15 heavy (non-hydrogen) atoms. The van der Waals surface area contributed by atoms with Crippen molar-refractivity contribution in [3.05, 3.63) is 0 Å². The first kappa shape index (κ1) is 11.9. The molecule has 1 aliphatic rings. The lowest BCUT2D eigenvalue weighted by molar-refractivity contribution is -0.139. The number of likely N-dealkylation sites (N-methyl/N-ethyl adjacent to an activating group) is 2. The van der Waals surface area contributed by atoms with Crippen molar-refractivity contribution < 1.29 is 14.7 Å². The highest BCUT2D eigenvalue weighted by Gasteiger charge is 2.31. The summed E-state index contributed by atoms with van der Waals surface area (Å²) in [4.78, 5) is 26.2. The average Bonchev–Trinajstić information content (AvgIpc) is 2.27. The molecule has 1 rings (SSSR count). The van der Waals surface area contributed by atoms with Gasteiger partial charge in [-0.15, -0.1) is 0 Å². The van der Waals surface area contributed by atoms with Gasteiger partial charge in [-0.1, -0.05) is 0 Å². The summed E-state index contributed by atoms with van der Waals surface area (Å²) < 4.78 is 0. The van der Waals surface area contributed by atoms with Gasteiger partial charge in [0.1, 0.15) is 12.6 Å². The van der Waals surface area contributed by atoms with Gasteiger partial charge in [-0.2, -0.15) is 0 Å². The summed E-state index contributed by atoms with van der Waals surface area (Å²) in [6.45, 7) is 1.05. The highest BCUT2D eigenvalue weighted by molar-refractivity contribution is 5.83. The molecule has 1 saturated heterocycles.